The van der Waals surface area contributed by atoms with Crippen molar-refractivity contribution < 1.29 is 4.79 Å². The van der Waals surface area contributed by atoms with Crippen molar-refractivity contribution in [1.82, 2.24) is 4.90 Å². The third-order valence-electron chi connectivity index (χ3n) is 3.90. The molecule has 1 aromatic rings. The van der Waals surface area contributed by atoms with E-state index in [1.54, 1.807) is 0 Å². The standard InChI is InChI=1S/C16H24ClN3O/c1-4-19-8-10-20(11-9-19)15-13(17)6-5-7-14(15)18-16(21)12(2)3/h5-7,12H,4,8-11H2,1-3H3,(H,18,21). The van der Waals surface area contributed by atoms with E-state index < -0.39 is 0 Å². The van der Waals surface area contributed by atoms with Crippen LogP contribution in [0.4, 0.5) is 11.4 Å². The van der Waals surface area contributed by atoms with E-state index in [2.05, 4.69) is 22.0 Å². The van der Waals surface area contributed by atoms with Gasteiger partial charge in [0.1, 0.15) is 0 Å². The fourth-order valence-electron chi connectivity index (χ4n) is 2.50. The minimum atomic E-state index is -0.0474. The third kappa shape index (κ3) is 3.89. The average Bonchev–Trinajstić information content (AvgIpc) is 2.47. The summed E-state index contributed by atoms with van der Waals surface area (Å²) in [5, 5.41) is 3.69. The summed E-state index contributed by atoms with van der Waals surface area (Å²) in [6.45, 7) is 11.0. The van der Waals surface area contributed by atoms with Gasteiger partial charge in [-0.2, -0.15) is 0 Å². The zero-order valence-electron chi connectivity index (χ0n) is 13.0. The van der Waals surface area contributed by atoms with E-state index in [0.29, 0.717) is 5.02 Å². The number of nitrogens with zero attached hydrogens (tertiary/aromatic N) is 2. The Hall–Kier alpha value is -1.26. The van der Waals surface area contributed by atoms with Crippen molar-refractivity contribution in [3.8, 4) is 0 Å². The Bertz CT molecular complexity index is 496. The molecule has 4 nitrogen and oxygen atoms in total. The van der Waals surface area contributed by atoms with Crippen LogP contribution in [-0.4, -0.2) is 43.5 Å². The Balaban J connectivity index is 2.20. The highest BCUT2D eigenvalue weighted by atomic mass is 35.5. The van der Waals surface area contributed by atoms with Crippen LogP contribution in [0.2, 0.25) is 5.02 Å². The van der Waals surface area contributed by atoms with Gasteiger partial charge in [0, 0.05) is 32.1 Å². The predicted molar refractivity (Wildman–Crippen MR) is 89.2 cm³/mol. The van der Waals surface area contributed by atoms with Gasteiger partial charge in [0.25, 0.3) is 0 Å². The lowest BCUT2D eigenvalue weighted by molar-refractivity contribution is -0.118. The van der Waals surface area contributed by atoms with Crippen LogP contribution in [0, 0.1) is 5.92 Å². The first-order chi connectivity index (χ1) is 10.0. The number of rotatable bonds is 4. The summed E-state index contributed by atoms with van der Waals surface area (Å²) in [4.78, 5) is 16.7. The lowest BCUT2D eigenvalue weighted by Crippen LogP contribution is -2.46. The summed E-state index contributed by atoms with van der Waals surface area (Å²) in [6, 6.07) is 5.69. The number of hydrogen-bond acceptors (Lipinski definition) is 3. The molecule has 5 heteroatoms. The first-order valence-electron chi connectivity index (χ1n) is 7.59. The highest BCUT2D eigenvalue weighted by Gasteiger charge is 2.21. The molecule has 0 saturated carbocycles. The highest BCUT2D eigenvalue weighted by molar-refractivity contribution is 6.34. The second-order valence-corrected chi connectivity index (χ2v) is 6.11. The smallest absolute Gasteiger partial charge is 0.226 e. The summed E-state index contributed by atoms with van der Waals surface area (Å²) in [5.41, 5.74) is 1.76. The minimum absolute atomic E-state index is 0.0192. The normalized spacial score (nSPS) is 16.3. The quantitative estimate of drug-likeness (QED) is 0.928. The number of para-hydroxylation sites is 1. The van der Waals surface area contributed by atoms with Crippen LogP contribution in [0.1, 0.15) is 20.8 Å². The zero-order valence-corrected chi connectivity index (χ0v) is 13.8. The second kappa shape index (κ2) is 7.14. The minimum Gasteiger partial charge on any atom is -0.366 e. The molecule has 0 bridgehead atoms. The van der Waals surface area contributed by atoms with E-state index in [4.69, 9.17) is 11.6 Å². The first kappa shape index (κ1) is 16.1. The summed E-state index contributed by atoms with van der Waals surface area (Å²) in [7, 11) is 0. The molecule has 21 heavy (non-hydrogen) atoms. The molecule has 0 atom stereocenters. The predicted octanol–water partition coefficient (Wildman–Crippen LogP) is 3.08. The monoisotopic (exact) mass is 309 g/mol. The van der Waals surface area contributed by atoms with Crippen molar-refractivity contribution in [3.63, 3.8) is 0 Å². The van der Waals surface area contributed by atoms with Crippen LogP contribution in [0.3, 0.4) is 0 Å². The van der Waals surface area contributed by atoms with E-state index in [1.807, 2.05) is 32.0 Å². The van der Waals surface area contributed by atoms with Gasteiger partial charge in [0.2, 0.25) is 5.91 Å². The largest absolute Gasteiger partial charge is 0.366 e. The molecule has 1 aliphatic heterocycles. The zero-order chi connectivity index (χ0) is 15.4. The molecule has 1 heterocycles. The van der Waals surface area contributed by atoms with E-state index in [0.717, 1.165) is 44.1 Å². The first-order valence-corrected chi connectivity index (χ1v) is 7.97. The number of benzene rings is 1. The molecular weight excluding hydrogens is 286 g/mol. The number of carbonyl (C=O) groups excluding carboxylic acids is 1. The Labute approximate surface area is 132 Å². The number of halogens is 1. The fourth-order valence-corrected chi connectivity index (χ4v) is 2.80. The van der Waals surface area contributed by atoms with Crippen molar-refractivity contribution >= 4 is 28.9 Å². The van der Waals surface area contributed by atoms with Crippen molar-refractivity contribution in [2.24, 2.45) is 5.92 Å². The molecule has 0 unspecified atom stereocenters. The molecule has 116 valence electrons. The van der Waals surface area contributed by atoms with Gasteiger partial charge in [-0.05, 0) is 18.7 Å². The molecule has 1 N–H and O–H groups in total. The average molecular weight is 310 g/mol. The van der Waals surface area contributed by atoms with Gasteiger partial charge in [-0.25, -0.2) is 0 Å². The molecule has 1 aliphatic rings. The number of piperazine rings is 1. The van der Waals surface area contributed by atoms with E-state index >= 15 is 0 Å². The molecule has 1 fully saturated rings. The van der Waals surface area contributed by atoms with E-state index in [1.165, 1.54) is 0 Å². The van der Waals surface area contributed by atoms with Crippen LogP contribution in [0.25, 0.3) is 0 Å². The maximum absolute atomic E-state index is 12.0. The van der Waals surface area contributed by atoms with Gasteiger partial charge in [-0.3, -0.25) is 4.79 Å². The molecule has 1 amide bonds. The SMILES string of the molecule is CCN1CCN(c2c(Cl)cccc2NC(=O)C(C)C)CC1. The second-order valence-electron chi connectivity index (χ2n) is 5.70. The van der Waals surface area contributed by atoms with E-state index in [-0.39, 0.29) is 11.8 Å². The number of nitrogens with one attached hydrogen (secondary N) is 1. The Morgan fingerprint density at radius 2 is 1.95 bits per heavy atom. The summed E-state index contributed by atoms with van der Waals surface area (Å²) < 4.78 is 0. The summed E-state index contributed by atoms with van der Waals surface area (Å²) >= 11 is 6.39. The maximum Gasteiger partial charge on any atom is 0.226 e. The van der Waals surface area contributed by atoms with Crippen LogP contribution < -0.4 is 10.2 Å². The highest BCUT2D eigenvalue weighted by Crippen LogP contribution is 2.34. The number of anilines is 2. The lowest BCUT2D eigenvalue weighted by atomic mass is 10.1. The number of likely N-dealkylation sites (N-methyl/N-ethyl adjacent to an activating group) is 1. The molecule has 1 saturated heterocycles. The third-order valence-corrected chi connectivity index (χ3v) is 4.21. The van der Waals surface area contributed by atoms with Crippen LogP contribution in [0.15, 0.2) is 18.2 Å². The fraction of sp³-hybridized carbons (Fsp3) is 0.562. The van der Waals surface area contributed by atoms with Gasteiger partial charge >= 0.3 is 0 Å². The molecule has 1 aromatic carbocycles. The van der Waals surface area contributed by atoms with Gasteiger partial charge in [0.15, 0.2) is 0 Å². The van der Waals surface area contributed by atoms with Crippen molar-refractivity contribution in [3.05, 3.63) is 23.2 Å². The number of amides is 1. The van der Waals surface area contributed by atoms with Gasteiger partial charge in [0.05, 0.1) is 16.4 Å². The van der Waals surface area contributed by atoms with Crippen molar-refractivity contribution in [2.75, 3.05) is 42.9 Å². The topological polar surface area (TPSA) is 35.6 Å². The molecule has 2 rings (SSSR count). The van der Waals surface area contributed by atoms with Crippen LogP contribution in [0.5, 0.6) is 0 Å². The molecule has 0 radical (unpaired) electrons. The Kier molecular flexibility index (Phi) is 5.48. The molecule has 0 spiro atoms. The van der Waals surface area contributed by atoms with Crippen LogP contribution in [-0.2, 0) is 4.79 Å². The summed E-state index contributed by atoms with van der Waals surface area (Å²) in [5.74, 6) is -0.0283. The maximum atomic E-state index is 12.0. The molecular formula is C16H24ClN3O. The van der Waals surface area contributed by atoms with Crippen molar-refractivity contribution in [1.29, 1.82) is 0 Å². The summed E-state index contributed by atoms with van der Waals surface area (Å²) in [6.07, 6.45) is 0. The number of carbonyl (C=O) groups is 1. The van der Waals surface area contributed by atoms with E-state index in [9.17, 15) is 4.79 Å². The molecule has 0 aromatic heterocycles. The molecule has 0 aliphatic carbocycles. The van der Waals surface area contributed by atoms with Gasteiger partial charge < -0.3 is 15.1 Å². The van der Waals surface area contributed by atoms with Crippen molar-refractivity contribution in [2.45, 2.75) is 20.8 Å². The van der Waals surface area contributed by atoms with Gasteiger partial charge in [-0.1, -0.05) is 38.4 Å². The Morgan fingerprint density at radius 1 is 1.29 bits per heavy atom. The lowest BCUT2D eigenvalue weighted by Gasteiger charge is -2.36. The Morgan fingerprint density at radius 3 is 2.52 bits per heavy atom. The van der Waals surface area contributed by atoms with Crippen LogP contribution >= 0.6 is 11.6 Å². The number of hydrogen-bond donors (Lipinski definition) is 1. The van der Waals surface area contributed by atoms with Gasteiger partial charge in [-0.15, -0.1) is 0 Å².